The van der Waals surface area contributed by atoms with Gasteiger partial charge in [-0.2, -0.15) is 0 Å². The number of hydrogen-bond donors (Lipinski definition) is 2. The predicted molar refractivity (Wildman–Crippen MR) is 65.1 cm³/mol. The van der Waals surface area contributed by atoms with Crippen LogP contribution in [0.25, 0.3) is 0 Å². The Morgan fingerprint density at radius 3 is 2.31 bits per heavy atom. The number of hydrogen-bond acceptors (Lipinski definition) is 3. The van der Waals surface area contributed by atoms with Gasteiger partial charge in [-0.05, 0) is 39.8 Å². The second-order valence-corrected chi connectivity index (χ2v) is 7.10. The molecule has 0 aliphatic rings. The zero-order chi connectivity index (χ0) is 12.6. The van der Waals surface area contributed by atoms with Crippen LogP contribution in [0.4, 0.5) is 5.69 Å². The molecule has 0 saturated heterocycles. The van der Waals surface area contributed by atoms with Crippen LogP contribution >= 0.6 is 0 Å². The number of benzene rings is 1. The van der Waals surface area contributed by atoms with Crippen molar-refractivity contribution in [1.82, 2.24) is 0 Å². The van der Waals surface area contributed by atoms with Crippen LogP contribution in [-0.2, 0) is 10.0 Å². The highest BCUT2D eigenvalue weighted by atomic mass is 32.2. The summed E-state index contributed by atoms with van der Waals surface area (Å²) in [5.74, 6) is 0.0779. The lowest BCUT2D eigenvalue weighted by Gasteiger charge is -2.21. The van der Waals surface area contributed by atoms with E-state index in [1.54, 1.807) is 39.8 Å². The van der Waals surface area contributed by atoms with Crippen molar-refractivity contribution < 1.29 is 13.5 Å². The zero-order valence-corrected chi connectivity index (χ0v) is 10.7. The van der Waals surface area contributed by atoms with Crippen molar-refractivity contribution in [3.05, 3.63) is 23.8 Å². The first-order chi connectivity index (χ1) is 7.15. The SMILES string of the molecule is Cc1c(O)cccc1NS(=O)(=O)C(C)(C)C. The number of nitrogens with one attached hydrogen (secondary N) is 1. The lowest BCUT2D eigenvalue weighted by molar-refractivity contribution is 0.471. The Morgan fingerprint density at radius 2 is 1.81 bits per heavy atom. The van der Waals surface area contributed by atoms with Gasteiger partial charge in [-0.1, -0.05) is 6.07 Å². The van der Waals surface area contributed by atoms with Gasteiger partial charge in [0.1, 0.15) is 5.75 Å². The molecule has 0 saturated carbocycles. The number of rotatable bonds is 2. The van der Waals surface area contributed by atoms with Crippen molar-refractivity contribution in [2.24, 2.45) is 0 Å². The Morgan fingerprint density at radius 1 is 1.25 bits per heavy atom. The Bertz CT molecular complexity index is 486. The number of anilines is 1. The van der Waals surface area contributed by atoms with E-state index in [9.17, 15) is 13.5 Å². The van der Waals surface area contributed by atoms with Gasteiger partial charge in [0, 0.05) is 5.56 Å². The van der Waals surface area contributed by atoms with Gasteiger partial charge in [-0.25, -0.2) is 8.42 Å². The van der Waals surface area contributed by atoms with Crippen molar-refractivity contribution >= 4 is 15.7 Å². The third kappa shape index (κ3) is 2.47. The Balaban J connectivity index is 3.12. The molecular formula is C11H17NO3S. The van der Waals surface area contributed by atoms with E-state index in [1.165, 1.54) is 6.07 Å². The fourth-order valence-corrected chi connectivity index (χ4v) is 1.85. The molecule has 0 spiro atoms. The third-order valence-corrected chi connectivity index (χ3v) is 4.46. The molecule has 0 atom stereocenters. The maximum atomic E-state index is 11.9. The molecule has 0 radical (unpaired) electrons. The maximum Gasteiger partial charge on any atom is 0.237 e. The molecule has 1 aromatic rings. The van der Waals surface area contributed by atoms with E-state index < -0.39 is 14.8 Å². The minimum atomic E-state index is -3.45. The first kappa shape index (κ1) is 12.8. The highest BCUT2D eigenvalue weighted by Crippen LogP contribution is 2.27. The zero-order valence-electron chi connectivity index (χ0n) is 9.90. The van der Waals surface area contributed by atoms with Gasteiger partial charge in [-0.3, -0.25) is 4.72 Å². The monoisotopic (exact) mass is 243 g/mol. The van der Waals surface area contributed by atoms with E-state index in [4.69, 9.17) is 0 Å². The fraction of sp³-hybridized carbons (Fsp3) is 0.455. The van der Waals surface area contributed by atoms with E-state index in [-0.39, 0.29) is 5.75 Å². The van der Waals surface area contributed by atoms with E-state index in [0.29, 0.717) is 11.3 Å². The van der Waals surface area contributed by atoms with Crippen LogP contribution in [-0.4, -0.2) is 18.3 Å². The van der Waals surface area contributed by atoms with Crippen molar-refractivity contribution in [1.29, 1.82) is 0 Å². The lowest BCUT2D eigenvalue weighted by Crippen LogP contribution is -2.33. The minimum Gasteiger partial charge on any atom is -0.508 e. The van der Waals surface area contributed by atoms with E-state index in [0.717, 1.165) is 0 Å². The summed E-state index contributed by atoms with van der Waals surface area (Å²) in [4.78, 5) is 0. The second kappa shape index (κ2) is 3.97. The van der Waals surface area contributed by atoms with Crippen molar-refractivity contribution in [3.8, 4) is 5.75 Å². The average Bonchev–Trinajstić information content (AvgIpc) is 2.11. The number of phenolic OH excluding ortho intramolecular Hbond substituents is 1. The molecule has 0 aliphatic carbocycles. The maximum absolute atomic E-state index is 11.9. The molecule has 0 heterocycles. The van der Waals surface area contributed by atoms with Crippen molar-refractivity contribution in [3.63, 3.8) is 0 Å². The molecule has 1 aromatic carbocycles. The fourth-order valence-electron chi connectivity index (χ4n) is 1.03. The van der Waals surface area contributed by atoms with Crippen molar-refractivity contribution in [2.75, 3.05) is 4.72 Å². The minimum absolute atomic E-state index is 0.0779. The van der Waals surface area contributed by atoms with E-state index >= 15 is 0 Å². The van der Waals surface area contributed by atoms with Gasteiger partial charge in [0.25, 0.3) is 0 Å². The number of phenols is 1. The molecule has 0 bridgehead atoms. The van der Waals surface area contributed by atoms with Crippen LogP contribution in [0.3, 0.4) is 0 Å². The summed E-state index contributed by atoms with van der Waals surface area (Å²) in [5, 5.41) is 9.46. The van der Waals surface area contributed by atoms with Crippen molar-refractivity contribution in [2.45, 2.75) is 32.4 Å². The Hall–Kier alpha value is -1.23. The Kier molecular flexibility index (Phi) is 3.19. The molecule has 16 heavy (non-hydrogen) atoms. The molecule has 1 rings (SSSR count). The summed E-state index contributed by atoms with van der Waals surface area (Å²) in [5.41, 5.74) is 0.935. The summed E-state index contributed by atoms with van der Waals surface area (Å²) in [6, 6.07) is 4.74. The first-order valence-electron chi connectivity index (χ1n) is 4.96. The molecule has 0 unspecified atom stereocenters. The molecule has 5 heteroatoms. The summed E-state index contributed by atoms with van der Waals surface area (Å²) in [7, 11) is -3.45. The second-order valence-electron chi connectivity index (χ2n) is 4.67. The van der Waals surface area contributed by atoms with E-state index in [1.807, 2.05) is 0 Å². The van der Waals surface area contributed by atoms with Crippen LogP contribution < -0.4 is 4.72 Å². The summed E-state index contributed by atoms with van der Waals surface area (Å²) in [6.07, 6.45) is 0. The lowest BCUT2D eigenvalue weighted by atomic mass is 10.2. The molecule has 0 aromatic heterocycles. The summed E-state index contributed by atoms with van der Waals surface area (Å²) in [6.45, 7) is 6.52. The van der Waals surface area contributed by atoms with Crippen LogP contribution in [0.2, 0.25) is 0 Å². The average molecular weight is 243 g/mol. The van der Waals surface area contributed by atoms with Gasteiger partial charge in [0.2, 0.25) is 10.0 Å². The summed E-state index contributed by atoms with van der Waals surface area (Å²) < 4.78 is 25.4. The van der Waals surface area contributed by atoms with Gasteiger partial charge in [0.05, 0.1) is 10.4 Å². The normalized spacial score (nSPS) is 12.5. The van der Waals surface area contributed by atoms with Gasteiger partial charge >= 0.3 is 0 Å². The molecule has 4 nitrogen and oxygen atoms in total. The number of aromatic hydroxyl groups is 1. The van der Waals surface area contributed by atoms with Gasteiger partial charge in [-0.15, -0.1) is 0 Å². The molecule has 90 valence electrons. The van der Waals surface area contributed by atoms with Crippen LogP contribution in [0.5, 0.6) is 5.75 Å². The highest BCUT2D eigenvalue weighted by molar-refractivity contribution is 7.94. The summed E-state index contributed by atoms with van der Waals surface area (Å²) >= 11 is 0. The van der Waals surface area contributed by atoms with Gasteiger partial charge < -0.3 is 5.11 Å². The van der Waals surface area contributed by atoms with Crippen LogP contribution in [0, 0.1) is 6.92 Å². The standard InChI is InChI=1S/C11H17NO3S/c1-8-9(6-5-7-10(8)13)12-16(14,15)11(2,3)4/h5-7,12-13H,1-4H3. The quantitative estimate of drug-likeness (QED) is 0.837. The molecule has 2 N–H and O–H groups in total. The smallest absolute Gasteiger partial charge is 0.237 e. The molecular weight excluding hydrogens is 226 g/mol. The first-order valence-corrected chi connectivity index (χ1v) is 6.44. The molecule has 0 aliphatic heterocycles. The van der Waals surface area contributed by atoms with E-state index in [2.05, 4.69) is 4.72 Å². The largest absolute Gasteiger partial charge is 0.508 e. The third-order valence-electron chi connectivity index (χ3n) is 2.36. The van der Waals surface area contributed by atoms with Crippen LogP contribution in [0.1, 0.15) is 26.3 Å². The highest BCUT2D eigenvalue weighted by Gasteiger charge is 2.29. The molecule has 0 fully saturated rings. The Labute approximate surface area is 96.4 Å². The predicted octanol–water partition coefficient (Wildman–Crippen LogP) is 2.24. The van der Waals surface area contributed by atoms with Crippen LogP contribution in [0.15, 0.2) is 18.2 Å². The molecule has 0 amide bonds. The van der Waals surface area contributed by atoms with Gasteiger partial charge in [0.15, 0.2) is 0 Å². The topological polar surface area (TPSA) is 66.4 Å². The number of sulfonamides is 1.